The number of ether oxygens (including phenoxy) is 1. The van der Waals surface area contributed by atoms with Crippen molar-refractivity contribution in [3.05, 3.63) is 59.7 Å². The largest absolute Gasteiger partial charge is 0.480 e. The molecule has 3 rings (SSSR count). The Morgan fingerprint density at radius 2 is 1.62 bits per heavy atom. The molecule has 0 radical (unpaired) electrons. The average molecular weight is 439 g/mol. The van der Waals surface area contributed by atoms with Crippen LogP contribution in [0.1, 0.15) is 50.2 Å². The van der Waals surface area contributed by atoms with Gasteiger partial charge in [-0.25, -0.2) is 9.59 Å². The summed E-state index contributed by atoms with van der Waals surface area (Å²) in [6, 6.07) is 15.3. The van der Waals surface area contributed by atoms with E-state index in [0.717, 1.165) is 28.7 Å². The molecule has 3 N–H and O–H groups in total. The van der Waals surface area contributed by atoms with Crippen LogP contribution in [-0.4, -0.2) is 42.3 Å². The van der Waals surface area contributed by atoms with Gasteiger partial charge in [0.2, 0.25) is 5.91 Å². The van der Waals surface area contributed by atoms with Crippen molar-refractivity contribution in [1.82, 2.24) is 10.6 Å². The summed E-state index contributed by atoms with van der Waals surface area (Å²) in [5.41, 5.74) is 4.55. The van der Waals surface area contributed by atoms with Crippen molar-refractivity contribution in [2.75, 3.05) is 13.2 Å². The van der Waals surface area contributed by atoms with Crippen LogP contribution in [0.3, 0.4) is 0 Å². The molecule has 0 aliphatic heterocycles. The number of aliphatic carboxylic acids is 1. The zero-order chi connectivity index (χ0) is 23.1. The van der Waals surface area contributed by atoms with E-state index in [4.69, 9.17) is 4.74 Å². The highest BCUT2D eigenvalue weighted by Crippen LogP contribution is 2.44. The highest BCUT2D eigenvalue weighted by Gasteiger charge is 2.29. The lowest BCUT2D eigenvalue weighted by molar-refractivity contribution is -0.142. The van der Waals surface area contributed by atoms with Crippen molar-refractivity contribution >= 4 is 18.0 Å². The van der Waals surface area contributed by atoms with E-state index < -0.39 is 29.9 Å². The van der Waals surface area contributed by atoms with E-state index in [-0.39, 0.29) is 19.1 Å². The third-order valence-electron chi connectivity index (χ3n) is 5.80. The Labute approximate surface area is 188 Å². The monoisotopic (exact) mass is 438 g/mol. The van der Waals surface area contributed by atoms with Crippen LogP contribution >= 0.6 is 0 Å². The molecule has 0 fully saturated rings. The summed E-state index contributed by atoms with van der Waals surface area (Å²) >= 11 is 0. The number of carbonyl (C=O) groups is 3. The van der Waals surface area contributed by atoms with Gasteiger partial charge in [-0.3, -0.25) is 4.79 Å². The summed E-state index contributed by atoms with van der Waals surface area (Å²) in [6.45, 7) is 3.85. The van der Waals surface area contributed by atoms with Gasteiger partial charge in [0, 0.05) is 12.5 Å². The number of carboxylic acid groups (broad SMARTS) is 1. The first-order valence-electron chi connectivity index (χ1n) is 11.0. The first-order valence-corrected chi connectivity index (χ1v) is 11.0. The van der Waals surface area contributed by atoms with Crippen molar-refractivity contribution in [3.63, 3.8) is 0 Å². The highest BCUT2D eigenvalue weighted by molar-refractivity contribution is 5.85. The number of benzene rings is 2. The zero-order valence-electron chi connectivity index (χ0n) is 18.5. The fourth-order valence-electron chi connectivity index (χ4n) is 3.96. The second-order valence-corrected chi connectivity index (χ2v) is 8.15. The SMILES string of the molecule is CCCCC(NC(=O)C(C)CNC(=O)OCC1c2ccccc2-c2ccccc21)C(=O)O. The van der Waals surface area contributed by atoms with E-state index in [1.54, 1.807) is 6.92 Å². The number of amides is 2. The minimum Gasteiger partial charge on any atom is -0.480 e. The van der Waals surface area contributed by atoms with Crippen molar-refractivity contribution in [1.29, 1.82) is 0 Å². The van der Waals surface area contributed by atoms with E-state index in [1.165, 1.54) is 0 Å². The Bertz CT molecular complexity index is 929. The molecule has 170 valence electrons. The predicted molar refractivity (Wildman–Crippen MR) is 121 cm³/mol. The molecule has 32 heavy (non-hydrogen) atoms. The Morgan fingerprint density at radius 1 is 1.03 bits per heavy atom. The zero-order valence-corrected chi connectivity index (χ0v) is 18.5. The fraction of sp³-hybridized carbons (Fsp3) is 0.400. The molecule has 2 unspecified atom stereocenters. The Morgan fingerprint density at radius 3 is 2.19 bits per heavy atom. The van der Waals surface area contributed by atoms with Gasteiger partial charge in [0.25, 0.3) is 0 Å². The van der Waals surface area contributed by atoms with Gasteiger partial charge in [-0.1, -0.05) is 75.2 Å². The van der Waals surface area contributed by atoms with Gasteiger partial charge < -0.3 is 20.5 Å². The van der Waals surface area contributed by atoms with E-state index in [9.17, 15) is 19.5 Å². The van der Waals surface area contributed by atoms with Crippen molar-refractivity contribution < 1.29 is 24.2 Å². The molecule has 0 saturated carbocycles. The van der Waals surface area contributed by atoms with E-state index in [0.29, 0.717) is 12.8 Å². The molecule has 1 aliphatic carbocycles. The molecular weight excluding hydrogens is 408 g/mol. The number of carboxylic acids is 1. The third kappa shape index (κ3) is 5.46. The van der Waals surface area contributed by atoms with Gasteiger partial charge in [-0.2, -0.15) is 0 Å². The number of hydrogen-bond donors (Lipinski definition) is 3. The second kappa shape index (κ2) is 10.8. The van der Waals surface area contributed by atoms with Gasteiger partial charge in [-0.15, -0.1) is 0 Å². The highest BCUT2D eigenvalue weighted by atomic mass is 16.5. The summed E-state index contributed by atoms with van der Waals surface area (Å²) in [5, 5.41) is 14.4. The fourth-order valence-corrected chi connectivity index (χ4v) is 3.96. The molecule has 0 heterocycles. The standard InChI is InChI=1S/C25H30N2O5/c1-3-4-13-22(24(29)30)27-23(28)16(2)14-26-25(31)32-15-21-19-11-7-5-9-17(19)18-10-6-8-12-20(18)21/h5-12,16,21-22H,3-4,13-15H2,1-2H3,(H,26,31)(H,27,28)(H,29,30). The lowest BCUT2D eigenvalue weighted by Gasteiger charge is -2.18. The first kappa shape index (κ1) is 23.3. The summed E-state index contributed by atoms with van der Waals surface area (Å²) in [5.74, 6) is -2.08. The molecular formula is C25H30N2O5. The van der Waals surface area contributed by atoms with Crippen LogP contribution in [0.15, 0.2) is 48.5 Å². The lowest BCUT2D eigenvalue weighted by Crippen LogP contribution is -2.45. The molecule has 2 amide bonds. The van der Waals surface area contributed by atoms with E-state index in [1.807, 2.05) is 43.3 Å². The summed E-state index contributed by atoms with van der Waals surface area (Å²) in [6.07, 6.45) is 1.33. The van der Waals surface area contributed by atoms with Crippen LogP contribution in [0.4, 0.5) is 4.79 Å². The number of hydrogen-bond acceptors (Lipinski definition) is 4. The van der Waals surface area contributed by atoms with Gasteiger partial charge in [0.05, 0.1) is 5.92 Å². The number of rotatable bonds is 10. The molecule has 0 aromatic heterocycles. The second-order valence-electron chi connectivity index (χ2n) is 8.15. The van der Waals surface area contributed by atoms with Crippen LogP contribution in [0.5, 0.6) is 0 Å². The van der Waals surface area contributed by atoms with E-state index in [2.05, 4.69) is 22.8 Å². The van der Waals surface area contributed by atoms with Crippen LogP contribution in [0, 0.1) is 5.92 Å². The topological polar surface area (TPSA) is 105 Å². The Hall–Kier alpha value is -3.35. The summed E-state index contributed by atoms with van der Waals surface area (Å²) in [7, 11) is 0. The minimum atomic E-state index is -1.05. The number of nitrogens with one attached hydrogen (secondary N) is 2. The maximum atomic E-state index is 12.3. The quantitative estimate of drug-likeness (QED) is 0.521. The molecule has 2 aromatic rings. The van der Waals surface area contributed by atoms with Crippen molar-refractivity contribution in [3.8, 4) is 11.1 Å². The molecule has 7 heteroatoms. The summed E-state index contributed by atoms with van der Waals surface area (Å²) in [4.78, 5) is 35.9. The van der Waals surface area contributed by atoms with E-state index >= 15 is 0 Å². The average Bonchev–Trinajstić information content (AvgIpc) is 3.12. The van der Waals surface area contributed by atoms with Crippen LogP contribution in [0.2, 0.25) is 0 Å². The number of unbranched alkanes of at least 4 members (excludes halogenated alkanes) is 1. The summed E-state index contributed by atoms with van der Waals surface area (Å²) < 4.78 is 5.47. The molecule has 0 saturated heterocycles. The predicted octanol–water partition coefficient (Wildman–Crippen LogP) is 3.92. The smallest absolute Gasteiger partial charge is 0.407 e. The van der Waals surface area contributed by atoms with Gasteiger partial charge >= 0.3 is 12.1 Å². The number of carbonyl (C=O) groups excluding carboxylic acids is 2. The molecule has 1 aliphatic rings. The molecule has 2 atom stereocenters. The number of alkyl carbamates (subject to hydrolysis) is 1. The van der Waals surface area contributed by atoms with Gasteiger partial charge in [0.1, 0.15) is 12.6 Å². The van der Waals surface area contributed by atoms with Gasteiger partial charge in [0.15, 0.2) is 0 Å². The number of fused-ring (bicyclic) bond motifs is 3. The van der Waals surface area contributed by atoms with Crippen LogP contribution in [-0.2, 0) is 14.3 Å². The van der Waals surface area contributed by atoms with Crippen molar-refractivity contribution in [2.45, 2.75) is 45.1 Å². The maximum absolute atomic E-state index is 12.3. The molecule has 0 bridgehead atoms. The lowest BCUT2D eigenvalue weighted by atomic mass is 9.98. The molecule has 7 nitrogen and oxygen atoms in total. The van der Waals surface area contributed by atoms with Crippen LogP contribution in [0.25, 0.3) is 11.1 Å². The third-order valence-corrected chi connectivity index (χ3v) is 5.80. The molecule has 0 spiro atoms. The van der Waals surface area contributed by atoms with Crippen LogP contribution < -0.4 is 10.6 Å². The van der Waals surface area contributed by atoms with Crippen molar-refractivity contribution in [2.24, 2.45) is 5.92 Å². The minimum absolute atomic E-state index is 0.0382. The first-order chi connectivity index (χ1) is 15.4. The maximum Gasteiger partial charge on any atom is 0.407 e. The molecule has 2 aromatic carbocycles. The Balaban J connectivity index is 1.50. The normalized spacial score (nSPS) is 14.1. The van der Waals surface area contributed by atoms with Gasteiger partial charge in [-0.05, 0) is 28.7 Å². The Kier molecular flexibility index (Phi) is 7.87.